The summed E-state index contributed by atoms with van der Waals surface area (Å²) in [7, 11) is 1.56. The molecule has 0 aliphatic heterocycles. The van der Waals surface area contributed by atoms with Crippen LogP contribution in [0.5, 0.6) is 5.75 Å². The van der Waals surface area contributed by atoms with E-state index in [9.17, 15) is 14.9 Å². The Labute approximate surface area is 141 Å². The van der Waals surface area contributed by atoms with Crippen LogP contribution in [0, 0.1) is 10.1 Å². The minimum atomic E-state index is -0.537. The number of nitro benzene ring substituents is 1. The molecular weight excluding hydrogens is 364 g/mol. The molecule has 2 aromatic carbocycles. The van der Waals surface area contributed by atoms with Gasteiger partial charge in [0, 0.05) is 17.2 Å². The Morgan fingerprint density at radius 2 is 2.00 bits per heavy atom. The number of amides is 1. The molecular formula is C16H15BrN2O4. The van der Waals surface area contributed by atoms with Gasteiger partial charge in [0.25, 0.3) is 11.6 Å². The van der Waals surface area contributed by atoms with E-state index in [4.69, 9.17) is 4.74 Å². The number of ether oxygens (including phenoxy) is 1. The van der Waals surface area contributed by atoms with Gasteiger partial charge in [0.15, 0.2) is 0 Å². The predicted octanol–water partition coefficient (Wildman–Crippen LogP) is 3.86. The van der Waals surface area contributed by atoms with E-state index >= 15 is 0 Å². The van der Waals surface area contributed by atoms with E-state index in [2.05, 4.69) is 21.2 Å². The molecule has 0 fully saturated rings. The van der Waals surface area contributed by atoms with Crippen molar-refractivity contribution in [1.82, 2.24) is 5.32 Å². The highest BCUT2D eigenvalue weighted by atomic mass is 79.9. The van der Waals surface area contributed by atoms with Crippen molar-refractivity contribution < 1.29 is 14.5 Å². The molecule has 1 unspecified atom stereocenters. The quantitative estimate of drug-likeness (QED) is 0.632. The first-order chi connectivity index (χ1) is 10.9. The van der Waals surface area contributed by atoms with E-state index in [-0.39, 0.29) is 23.2 Å². The van der Waals surface area contributed by atoms with Gasteiger partial charge < -0.3 is 10.1 Å². The van der Waals surface area contributed by atoms with Crippen LogP contribution in [-0.4, -0.2) is 17.9 Å². The zero-order valence-electron chi connectivity index (χ0n) is 12.6. The molecule has 0 saturated heterocycles. The lowest BCUT2D eigenvalue weighted by atomic mass is 10.1. The molecule has 0 bridgehead atoms. The van der Waals surface area contributed by atoms with Crippen LogP contribution in [0.3, 0.4) is 0 Å². The summed E-state index contributed by atoms with van der Waals surface area (Å²) >= 11 is 3.10. The number of carbonyl (C=O) groups is 1. The second-order valence-corrected chi connectivity index (χ2v) is 5.71. The summed E-state index contributed by atoms with van der Waals surface area (Å²) in [6.07, 6.45) is 0. The van der Waals surface area contributed by atoms with Crippen LogP contribution in [0.1, 0.15) is 28.9 Å². The normalized spacial score (nSPS) is 11.6. The Morgan fingerprint density at radius 1 is 1.30 bits per heavy atom. The van der Waals surface area contributed by atoms with E-state index in [0.717, 1.165) is 5.56 Å². The van der Waals surface area contributed by atoms with Crippen LogP contribution in [0.2, 0.25) is 0 Å². The van der Waals surface area contributed by atoms with Gasteiger partial charge in [0.05, 0.1) is 22.5 Å². The average Bonchev–Trinajstić information content (AvgIpc) is 2.54. The predicted molar refractivity (Wildman–Crippen MR) is 89.7 cm³/mol. The second-order valence-electron chi connectivity index (χ2n) is 4.86. The van der Waals surface area contributed by atoms with Crippen LogP contribution in [0.4, 0.5) is 5.69 Å². The molecule has 0 aliphatic rings. The molecule has 0 aliphatic carbocycles. The number of nitro groups is 1. The summed E-state index contributed by atoms with van der Waals surface area (Å²) in [6.45, 7) is 1.82. The SMILES string of the molecule is COc1ccccc1C(C)NC(=O)c1ccc(Br)c([N+](=O)[O-])c1. The topological polar surface area (TPSA) is 81.5 Å². The minimum absolute atomic E-state index is 0.150. The fourth-order valence-corrected chi connectivity index (χ4v) is 2.57. The smallest absolute Gasteiger partial charge is 0.284 e. The number of rotatable bonds is 5. The monoisotopic (exact) mass is 378 g/mol. The average molecular weight is 379 g/mol. The van der Waals surface area contributed by atoms with Crippen molar-refractivity contribution in [3.63, 3.8) is 0 Å². The van der Waals surface area contributed by atoms with Crippen molar-refractivity contribution in [3.8, 4) is 5.75 Å². The molecule has 1 atom stereocenters. The van der Waals surface area contributed by atoms with Gasteiger partial charge in [-0.15, -0.1) is 0 Å². The first-order valence-electron chi connectivity index (χ1n) is 6.81. The minimum Gasteiger partial charge on any atom is -0.496 e. The van der Waals surface area contributed by atoms with Gasteiger partial charge in [-0.1, -0.05) is 18.2 Å². The molecule has 0 spiro atoms. The van der Waals surface area contributed by atoms with Crippen LogP contribution >= 0.6 is 15.9 Å². The van der Waals surface area contributed by atoms with Crippen LogP contribution in [-0.2, 0) is 0 Å². The zero-order chi connectivity index (χ0) is 17.0. The Kier molecular flexibility index (Phi) is 5.33. The molecule has 120 valence electrons. The summed E-state index contributed by atoms with van der Waals surface area (Å²) in [5.41, 5.74) is 0.902. The highest BCUT2D eigenvalue weighted by molar-refractivity contribution is 9.10. The highest BCUT2D eigenvalue weighted by Crippen LogP contribution is 2.27. The fraction of sp³-hybridized carbons (Fsp3) is 0.188. The molecule has 0 heterocycles. The van der Waals surface area contributed by atoms with Crippen molar-refractivity contribution in [2.45, 2.75) is 13.0 Å². The van der Waals surface area contributed by atoms with Crippen LogP contribution < -0.4 is 10.1 Å². The third-order valence-corrected chi connectivity index (χ3v) is 4.03. The van der Waals surface area contributed by atoms with Gasteiger partial charge in [-0.2, -0.15) is 0 Å². The standard InChI is InChI=1S/C16H15BrN2O4/c1-10(12-5-3-4-6-15(12)23-2)18-16(20)11-7-8-13(17)14(9-11)19(21)22/h3-10H,1-2H3,(H,18,20). The number of para-hydroxylation sites is 1. The summed E-state index contributed by atoms with van der Waals surface area (Å²) in [4.78, 5) is 22.7. The lowest BCUT2D eigenvalue weighted by Gasteiger charge is -2.17. The van der Waals surface area contributed by atoms with E-state index < -0.39 is 4.92 Å². The highest BCUT2D eigenvalue weighted by Gasteiger charge is 2.18. The van der Waals surface area contributed by atoms with Gasteiger partial charge in [0.1, 0.15) is 5.75 Å². The van der Waals surface area contributed by atoms with Gasteiger partial charge in [-0.05, 0) is 41.1 Å². The zero-order valence-corrected chi connectivity index (χ0v) is 14.2. The summed E-state index contributed by atoms with van der Waals surface area (Å²) in [5.74, 6) is 0.279. The third-order valence-electron chi connectivity index (χ3n) is 3.36. The molecule has 1 amide bonds. The largest absolute Gasteiger partial charge is 0.496 e. The van der Waals surface area contributed by atoms with Gasteiger partial charge in [-0.3, -0.25) is 14.9 Å². The van der Waals surface area contributed by atoms with Gasteiger partial charge in [-0.25, -0.2) is 0 Å². The van der Waals surface area contributed by atoms with Crippen LogP contribution in [0.15, 0.2) is 46.9 Å². The molecule has 0 aromatic heterocycles. The molecule has 2 rings (SSSR count). The van der Waals surface area contributed by atoms with Crippen molar-refractivity contribution in [2.24, 2.45) is 0 Å². The number of halogens is 1. The van der Waals surface area contributed by atoms with E-state index in [1.54, 1.807) is 7.11 Å². The Balaban J connectivity index is 2.22. The third kappa shape index (κ3) is 3.87. The van der Waals surface area contributed by atoms with Crippen LogP contribution in [0.25, 0.3) is 0 Å². The van der Waals surface area contributed by atoms with Crippen molar-refractivity contribution in [3.05, 3.63) is 68.2 Å². The van der Waals surface area contributed by atoms with Crippen molar-refractivity contribution in [1.29, 1.82) is 0 Å². The second kappa shape index (κ2) is 7.23. The number of carbonyl (C=O) groups excluding carboxylic acids is 1. The Hall–Kier alpha value is -2.41. The Bertz CT molecular complexity index is 749. The molecule has 6 nitrogen and oxygen atoms in total. The molecule has 1 N–H and O–H groups in total. The van der Waals surface area contributed by atoms with Crippen molar-refractivity contribution >= 4 is 27.5 Å². The summed E-state index contributed by atoms with van der Waals surface area (Å²) < 4.78 is 5.60. The number of nitrogens with zero attached hydrogens (tertiary/aromatic N) is 1. The number of nitrogens with one attached hydrogen (secondary N) is 1. The maximum absolute atomic E-state index is 12.3. The lowest BCUT2D eigenvalue weighted by Crippen LogP contribution is -2.27. The first kappa shape index (κ1) is 17.0. The molecule has 7 heteroatoms. The van der Waals surface area contributed by atoms with Gasteiger partial charge >= 0.3 is 0 Å². The molecule has 2 aromatic rings. The number of hydrogen-bond acceptors (Lipinski definition) is 4. The maximum atomic E-state index is 12.3. The van der Waals surface area contributed by atoms with E-state index in [1.165, 1.54) is 18.2 Å². The lowest BCUT2D eigenvalue weighted by molar-refractivity contribution is -0.385. The molecule has 0 radical (unpaired) electrons. The van der Waals surface area contributed by atoms with Crippen molar-refractivity contribution in [2.75, 3.05) is 7.11 Å². The fourth-order valence-electron chi connectivity index (χ4n) is 2.18. The number of benzene rings is 2. The summed E-state index contributed by atoms with van der Waals surface area (Å²) in [6, 6.07) is 11.3. The van der Waals surface area contributed by atoms with Gasteiger partial charge in [0.2, 0.25) is 0 Å². The Morgan fingerprint density at radius 3 is 2.65 bits per heavy atom. The van der Waals surface area contributed by atoms with E-state index in [0.29, 0.717) is 10.2 Å². The molecule has 23 heavy (non-hydrogen) atoms. The maximum Gasteiger partial charge on any atom is 0.284 e. The van der Waals surface area contributed by atoms with E-state index in [1.807, 2.05) is 31.2 Å². The number of hydrogen-bond donors (Lipinski definition) is 1. The summed E-state index contributed by atoms with van der Waals surface area (Å²) in [5, 5.41) is 13.8. The first-order valence-corrected chi connectivity index (χ1v) is 7.61. The number of methoxy groups -OCH3 is 1. The molecule has 0 saturated carbocycles.